The van der Waals surface area contributed by atoms with Crippen LogP contribution in [-0.2, 0) is 13.2 Å². The van der Waals surface area contributed by atoms with Crippen LogP contribution in [0, 0.1) is 5.82 Å². The van der Waals surface area contributed by atoms with E-state index in [9.17, 15) is 4.39 Å². The Morgan fingerprint density at radius 3 is 2.69 bits per heavy atom. The predicted octanol–water partition coefficient (Wildman–Crippen LogP) is 3.48. The smallest absolute Gasteiger partial charge is 0.203 e. The second kappa shape index (κ2) is 7.39. The zero-order chi connectivity index (χ0) is 17.9. The molecule has 1 aliphatic carbocycles. The Labute approximate surface area is 155 Å². The number of rotatable bonds is 7. The van der Waals surface area contributed by atoms with Crippen LogP contribution in [0.3, 0.4) is 0 Å². The number of aromatic nitrogens is 2. The molecule has 7 heteroatoms. The van der Waals surface area contributed by atoms with Crippen LogP contribution in [0.5, 0.6) is 5.75 Å². The van der Waals surface area contributed by atoms with Crippen molar-refractivity contribution in [3.63, 3.8) is 0 Å². The van der Waals surface area contributed by atoms with E-state index in [1.54, 1.807) is 18.2 Å². The van der Waals surface area contributed by atoms with E-state index in [1.807, 2.05) is 12.1 Å². The van der Waals surface area contributed by atoms with E-state index < -0.39 is 0 Å². The maximum atomic E-state index is 13.6. The van der Waals surface area contributed by atoms with E-state index >= 15 is 0 Å². The molecule has 2 atom stereocenters. The molecule has 0 aliphatic heterocycles. The zero-order valence-electron chi connectivity index (χ0n) is 14.1. The molecule has 0 unspecified atom stereocenters. The average molecular weight is 370 g/mol. The molecule has 3 aromatic rings. The lowest BCUT2D eigenvalue weighted by atomic mass is 10.1. The molecule has 1 fully saturated rings. The van der Waals surface area contributed by atoms with Gasteiger partial charge < -0.3 is 15.8 Å². The minimum atomic E-state index is -0.242. The van der Waals surface area contributed by atoms with Crippen molar-refractivity contribution in [3.8, 4) is 5.75 Å². The highest BCUT2D eigenvalue weighted by Crippen LogP contribution is 2.41. The lowest BCUT2D eigenvalue weighted by Gasteiger charge is -2.08. The lowest BCUT2D eigenvalue weighted by Crippen LogP contribution is -2.17. The van der Waals surface area contributed by atoms with Crippen molar-refractivity contribution in [1.29, 1.82) is 0 Å². The number of hydrogen-bond acceptors (Lipinski definition) is 6. The van der Waals surface area contributed by atoms with Gasteiger partial charge in [-0.15, -0.1) is 10.2 Å². The standard InChI is InChI=1S/C19H19FN4OS/c20-16-4-2-1-3-13(16)11-25-14-7-5-12(6-8-14)15-9-17(15)22-10-18-23-24-19(21)26-18/h1-8,15,17,22H,9-11H2,(H2,21,24)/t15-,17+/m0/s1. The fraction of sp³-hybridized carbons (Fsp3) is 0.263. The summed E-state index contributed by atoms with van der Waals surface area (Å²) >= 11 is 1.41. The van der Waals surface area contributed by atoms with Crippen LogP contribution in [0.2, 0.25) is 0 Å². The molecular weight excluding hydrogens is 351 g/mol. The van der Waals surface area contributed by atoms with Crippen molar-refractivity contribution in [3.05, 3.63) is 70.5 Å². The number of hydrogen-bond donors (Lipinski definition) is 2. The van der Waals surface area contributed by atoms with E-state index in [0.29, 0.717) is 29.2 Å². The molecule has 1 aliphatic rings. The number of nitrogens with one attached hydrogen (secondary N) is 1. The van der Waals surface area contributed by atoms with Crippen LogP contribution in [0.15, 0.2) is 48.5 Å². The van der Waals surface area contributed by atoms with E-state index in [4.69, 9.17) is 10.5 Å². The lowest BCUT2D eigenvalue weighted by molar-refractivity contribution is 0.300. The monoisotopic (exact) mass is 370 g/mol. The number of halogens is 1. The first-order valence-corrected chi connectivity index (χ1v) is 9.28. The normalized spacial score (nSPS) is 18.7. The summed E-state index contributed by atoms with van der Waals surface area (Å²) in [6, 6.07) is 15.1. The van der Waals surface area contributed by atoms with Crippen molar-refractivity contribution in [2.45, 2.75) is 31.5 Å². The highest BCUT2D eigenvalue weighted by molar-refractivity contribution is 7.15. The minimum Gasteiger partial charge on any atom is -0.489 e. The molecule has 1 aromatic heterocycles. The van der Waals surface area contributed by atoms with Gasteiger partial charge in [0.2, 0.25) is 5.13 Å². The Hall–Kier alpha value is -2.51. The van der Waals surface area contributed by atoms with E-state index in [0.717, 1.165) is 17.2 Å². The van der Waals surface area contributed by atoms with Crippen molar-refractivity contribution in [2.24, 2.45) is 0 Å². The summed E-state index contributed by atoms with van der Waals surface area (Å²) < 4.78 is 19.3. The summed E-state index contributed by atoms with van der Waals surface area (Å²) in [7, 11) is 0. The topological polar surface area (TPSA) is 73.1 Å². The van der Waals surface area contributed by atoms with Gasteiger partial charge in [0.1, 0.15) is 23.2 Å². The summed E-state index contributed by atoms with van der Waals surface area (Å²) in [5.41, 5.74) is 7.42. The highest BCUT2D eigenvalue weighted by atomic mass is 32.1. The van der Waals surface area contributed by atoms with Crippen LogP contribution in [0.4, 0.5) is 9.52 Å². The molecule has 1 saturated carbocycles. The van der Waals surface area contributed by atoms with Crippen LogP contribution in [0.1, 0.15) is 28.5 Å². The Balaban J connectivity index is 1.27. The van der Waals surface area contributed by atoms with Crippen molar-refractivity contribution in [1.82, 2.24) is 15.5 Å². The van der Waals surface area contributed by atoms with Gasteiger partial charge in [-0.05, 0) is 30.2 Å². The zero-order valence-corrected chi connectivity index (χ0v) is 14.9. The second-order valence-corrected chi connectivity index (χ2v) is 7.41. The summed E-state index contributed by atoms with van der Waals surface area (Å²) in [4.78, 5) is 0. The maximum Gasteiger partial charge on any atom is 0.203 e. The summed E-state index contributed by atoms with van der Waals surface area (Å²) in [5, 5.41) is 12.7. The molecule has 134 valence electrons. The SMILES string of the molecule is Nc1nnc(CN[C@@H]2C[C@H]2c2ccc(OCc3ccccc3F)cc2)s1. The number of nitrogen functional groups attached to an aromatic ring is 1. The molecule has 5 nitrogen and oxygen atoms in total. The first-order chi connectivity index (χ1) is 12.7. The van der Waals surface area contributed by atoms with E-state index in [-0.39, 0.29) is 12.4 Å². The Morgan fingerprint density at radius 2 is 1.96 bits per heavy atom. The van der Waals surface area contributed by atoms with Gasteiger partial charge >= 0.3 is 0 Å². The molecule has 0 saturated heterocycles. The Bertz CT molecular complexity index is 883. The van der Waals surface area contributed by atoms with Crippen molar-refractivity contribution in [2.75, 3.05) is 5.73 Å². The van der Waals surface area contributed by atoms with Gasteiger partial charge in [0.25, 0.3) is 0 Å². The van der Waals surface area contributed by atoms with Gasteiger partial charge in [0, 0.05) is 17.5 Å². The minimum absolute atomic E-state index is 0.227. The fourth-order valence-electron chi connectivity index (χ4n) is 2.93. The van der Waals surface area contributed by atoms with Crippen LogP contribution in [0.25, 0.3) is 0 Å². The highest BCUT2D eigenvalue weighted by Gasteiger charge is 2.37. The number of nitrogens with zero attached hydrogens (tertiary/aromatic N) is 2. The number of benzene rings is 2. The van der Waals surface area contributed by atoms with Gasteiger partial charge in [-0.1, -0.05) is 41.7 Å². The van der Waals surface area contributed by atoms with Crippen LogP contribution in [-0.4, -0.2) is 16.2 Å². The quantitative estimate of drug-likeness (QED) is 0.666. The molecule has 0 spiro atoms. The third-order valence-corrected chi connectivity index (χ3v) is 5.20. The van der Waals surface area contributed by atoms with Gasteiger partial charge in [-0.2, -0.15) is 0 Å². The molecule has 26 heavy (non-hydrogen) atoms. The van der Waals surface area contributed by atoms with Gasteiger partial charge in [0.05, 0.1) is 6.54 Å². The van der Waals surface area contributed by atoms with Crippen LogP contribution < -0.4 is 15.8 Å². The molecule has 2 aromatic carbocycles. The average Bonchev–Trinajstić information content (AvgIpc) is 3.32. The Morgan fingerprint density at radius 1 is 1.15 bits per heavy atom. The molecule has 0 radical (unpaired) electrons. The molecule has 0 bridgehead atoms. The van der Waals surface area contributed by atoms with Crippen molar-refractivity contribution >= 4 is 16.5 Å². The number of nitrogens with two attached hydrogens (primary N) is 1. The fourth-order valence-corrected chi connectivity index (χ4v) is 3.49. The van der Waals surface area contributed by atoms with Gasteiger partial charge in [-0.3, -0.25) is 0 Å². The molecule has 0 amide bonds. The van der Waals surface area contributed by atoms with Gasteiger partial charge in [-0.25, -0.2) is 4.39 Å². The van der Waals surface area contributed by atoms with E-state index in [2.05, 4.69) is 27.6 Å². The summed E-state index contributed by atoms with van der Waals surface area (Å²) in [6.07, 6.45) is 1.10. The summed E-state index contributed by atoms with van der Waals surface area (Å²) in [6.45, 7) is 0.921. The number of ether oxygens (including phenoxy) is 1. The Kier molecular flexibility index (Phi) is 4.81. The predicted molar refractivity (Wildman–Crippen MR) is 99.5 cm³/mol. The van der Waals surface area contributed by atoms with E-state index in [1.165, 1.54) is 23.0 Å². The van der Waals surface area contributed by atoms with Crippen LogP contribution >= 0.6 is 11.3 Å². The first kappa shape index (κ1) is 16.9. The number of anilines is 1. The largest absolute Gasteiger partial charge is 0.489 e. The first-order valence-electron chi connectivity index (χ1n) is 8.46. The molecular formula is C19H19FN4OS. The second-order valence-electron chi connectivity index (χ2n) is 6.31. The molecule has 3 N–H and O–H groups in total. The maximum absolute atomic E-state index is 13.6. The third-order valence-electron chi connectivity index (χ3n) is 4.45. The van der Waals surface area contributed by atoms with Crippen molar-refractivity contribution < 1.29 is 9.13 Å². The van der Waals surface area contributed by atoms with Gasteiger partial charge in [0.15, 0.2) is 0 Å². The summed E-state index contributed by atoms with van der Waals surface area (Å²) in [5.74, 6) is 1.00. The molecule has 4 rings (SSSR count). The third kappa shape index (κ3) is 4.00. The molecule has 1 heterocycles.